The molecule has 96 valence electrons. The molecule has 0 unspecified atom stereocenters. The van der Waals surface area contributed by atoms with Gasteiger partial charge in [0.1, 0.15) is 6.07 Å². The van der Waals surface area contributed by atoms with E-state index in [0.717, 1.165) is 16.5 Å². The van der Waals surface area contributed by atoms with E-state index in [1.165, 1.54) is 31.2 Å². The average molecular weight is 260 g/mol. The third kappa shape index (κ3) is 3.00. The largest absolute Gasteiger partial charge is 0.381 e. The topological polar surface area (TPSA) is 35.8 Å². The molecule has 1 aromatic carbocycles. The predicted octanol–water partition coefficient (Wildman–Crippen LogP) is 3.95. The van der Waals surface area contributed by atoms with E-state index in [-0.39, 0.29) is 0 Å². The maximum absolute atomic E-state index is 9.16. The van der Waals surface area contributed by atoms with Crippen LogP contribution >= 0.6 is 11.8 Å². The Bertz CT molecular complexity index is 442. The van der Waals surface area contributed by atoms with Crippen molar-refractivity contribution in [1.29, 1.82) is 5.26 Å². The lowest BCUT2D eigenvalue weighted by molar-refractivity contribution is 0.473. The van der Waals surface area contributed by atoms with Crippen molar-refractivity contribution in [3.63, 3.8) is 0 Å². The van der Waals surface area contributed by atoms with Gasteiger partial charge in [-0.25, -0.2) is 0 Å². The molecule has 1 aliphatic rings. The fraction of sp³-hybridized carbons (Fsp3) is 0.533. The van der Waals surface area contributed by atoms with Crippen molar-refractivity contribution in [2.75, 3.05) is 11.6 Å². The molecule has 2 rings (SSSR count). The smallest absolute Gasteiger partial charge is 0.101 e. The van der Waals surface area contributed by atoms with E-state index < -0.39 is 0 Å². The first-order chi connectivity index (χ1) is 8.74. The number of hydrogen-bond donors (Lipinski definition) is 1. The Morgan fingerprint density at radius 1 is 1.28 bits per heavy atom. The predicted molar refractivity (Wildman–Crippen MR) is 79.1 cm³/mol. The maximum atomic E-state index is 9.16. The van der Waals surface area contributed by atoms with Crippen LogP contribution in [0.2, 0.25) is 0 Å². The van der Waals surface area contributed by atoms with Crippen LogP contribution in [0.4, 0.5) is 5.69 Å². The average Bonchev–Trinajstić information content (AvgIpc) is 2.42. The normalized spacial score (nSPS) is 23.4. The summed E-state index contributed by atoms with van der Waals surface area (Å²) >= 11 is 1.98. The van der Waals surface area contributed by atoms with Crippen molar-refractivity contribution in [3.05, 3.63) is 29.3 Å². The van der Waals surface area contributed by atoms with Crippen LogP contribution in [-0.2, 0) is 0 Å². The number of nitrogens with zero attached hydrogens (tertiary/aromatic N) is 1. The van der Waals surface area contributed by atoms with Gasteiger partial charge in [-0.3, -0.25) is 0 Å². The molecule has 2 nitrogen and oxygen atoms in total. The number of nitriles is 1. The summed E-state index contributed by atoms with van der Waals surface area (Å²) in [6, 6.07) is 8.71. The van der Waals surface area contributed by atoms with Crippen molar-refractivity contribution >= 4 is 17.4 Å². The van der Waals surface area contributed by atoms with Gasteiger partial charge in [-0.2, -0.15) is 17.0 Å². The molecular weight excluding hydrogens is 240 g/mol. The molecule has 0 spiro atoms. The Morgan fingerprint density at radius 3 is 2.61 bits per heavy atom. The van der Waals surface area contributed by atoms with Gasteiger partial charge in [0, 0.05) is 11.3 Å². The van der Waals surface area contributed by atoms with Crippen LogP contribution in [0.5, 0.6) is 0 Å². The molecule has 0 atom stereocenters. The van der Waals surface area contributed by atoms with E-state index in [0.29, 0.717) is 6.04 Å². The Hall–Kier alpha value is -1.14. The number of aryl methyl sites for hydroxylation is 1. The van der Waals surface area contributed by atoms with E-state index >= 15 is 0 Å². The quantitative estimate of drug-likeness (QED) is 0.893. The van der Waals surface area contributed by atoms with Gasteiger partial charge >= 0.3 is 0 Å². The zero-order valence-corrected chi connectivity index (χ0v) is 11.9. The number of para-hydroxylation sites is 1. The lowest BCUT2D eigenvalue weighted by Crippen LogP contribution is -2.27. The zero-order valence-electron chi connectivity index (χ0n) is 11.1. The van der Waals surface area contributed by atoms with Crippen molar-refractivity contribution in [2.24, 2.45) is 0 Å². The van der Waals surface area contributed by atoms with Gasteiger partial charge in [-0.05, 0) is 50.5 Å². The first kappa shape index (κ1) is 13.3. The maximum Gasteiger partial charge on any atom is 0.101 e. The summed E-state index contributed by atoms with van der Waals surface area (Å²) < 4.78 is 0. The van der Waals surface area contributed by atoms with Crippen LogP contribution in [0.3, 0.4) is 0 Å². The highest BCUT2D eigenvalue weighted by Gasteiger charge is 2.21. The number of anilines is 1. The Balaban J connectivity index is 2.05. The van der Waals surface area contributed by atoms with Gasteiger partial charge in [0.15, 0.2) is 0 Å². The minimum absolute atomic E-state index is 0.529. The Morgan fingerprint density at radius 2 is 2.00 bits per heavy atom. The highest BCUT2D eigenvalue weighted by atomic mass is 32.2. The van der Waals surface area contributed by atoms with Crippen LogP contribution in [0.1, 0.15) is 36.8 Å². The van der Waals surface area contributed by atoms with E-state index in [9.17, 15) is 0 Å². The number of rotatable bonds is 3. The molecule has 0 aliphatic heterocycles. The molecule has 18 heavy (non-hydrogen) atoms. The van der Waals surface area contributed by atoms with E-state index in [2.05, 4.69) is 30.6 Å². The van der Waals surface area contributed by atoms with Crippen LogP contribution in [0.25, 0.3) is 0 Å². The van der Waals surface area contributed by atoms with Crippen molar-refractivity contribution < 1.29 is 0 Å². The first-order valence-electron chi connectivity index (χ1n) is 6.53. The van der Waals surface area contributed by atoms with Gasteiger partial charge in [-0.15, -0.1) is 0 Å². The van der Waals surface area contributed by atoms with Gasteiger partial charge in [0.2, 0.25) is 0 Å². The summed E-state index contributed by atoms with van der Waals surface area (Å²) in [4.78, 5) is 0. The molecule has 0 bridgehead atoms. The number of nitrogens with one attached hydrogen (secondary N) is 1. The molecule has 0 heterocycles. The summed E-state index contributed by atoms with van der Waals surface area (Å²) in [5.74, 6) is 0. The Kier molecular flexibility index (Phi) is 4.54. The lowest BCUT2D eigenvalue weighted by atomic mass is 9.94. The highest BCUT2D eigenvalue weighted by Crippen LogP contribution is 2.30. The van der Waals surface area contributed by atoms with E-state index in [1.807, 2.05) is 23.9 Å². The molecule has 0 amide bonds. The molecule has 1 N–H and O–H groups in total. The van der Waals surface area contributed by atoms with Crippen molar-refractivity contribution in [2.45, 2.75) is 43.9 Å². The summed E-state index contributed by atoms with van der Waals surface area (Å²) in [6.45, 7) is 2.07. The minimum atomic E-state index is 0.529. The number of benzene rings is 1. The lowest BCUT2D eigenvalue weighted by Gasteiger charge is -2.29. The highest BCUT2D eigenvalue weighted by molar-refractivity contribution is 7.99. The molecule has 0 radical (unpaired) electrons. The second kappa shape index (κ2) is 6.15. The summed E-state index contributed by atoms with van der Waals surface area (Å²) in [7, 11) is 0. The van der Waals surface area contributed by atoms with E-state index in [4.69, 9.17) is 5.26 Å². The molecule has 1 aromatic rings. The van der Waals surface area contributed by atoms with Gasteiger partial charge in [-0.1, -0.05) is 12.1 Å². The van der Waals surface area contributed by atoms with Gasteiger partial charge in [0.25, 0.3) is 0 Å². The number of thioether (sulfide) groups is 1. The fourth-order valence-electron chi connectivity index (χ4n) is 2.60. The van der Waals surface area contributed by atoms with Crippen molar-refractivity contribution in [1.82, 2.24) is 0 Å². The monoisotopic (exact) mass is 260 g/mol. The SMILES string of the molecule is CSC1CCC(Nc2c(C)cccc2C#N)CC1. The molecule has 3 heteroatoms. The fourth-order valence-corrected chi connectivity index (χ4v) is 3.34. The standard InChI is InChI=1S/C15H20N2S/c1-11-4-3-5-12(10-16)15(11)17-13-6-8-14(18-2)9-7-13/h3-5,13-14,17H,6-9H2,1-2H3. The second-order valence-corrected chi connectivity index (χ2v) is 6.10. The molecule has 0 saturated heterocycles. The van der Waals surface area contributed by atoms with Crippen LogP contribution in [0.15, 0.2) is 18.2 Å². The Labute approximate surface area is 114 Å². The molecule has 1 saturated carbocycles. The minimum Gasteiger partial charge on any atom is -0.381 e. The van der Waals surface area contributed by atoms with Crippen LogP contribution < -0.4 is 5.32 Å². The van der Waals surface area contributed by atoms with Gasteiger partial charge in [0.05, 0.1) is 11.3 Å². The second-order valence-electron chi connectivity index (χ2n) is 4.96. The van der Waals surface area contributed by atoms with Crippen molar-refractivity contribution in [3.8, 4) is 6.07 Å². The summed E-state index contributed by atoms with van der Waals surface area (Å²) in [5, 5.41) is 13.6. The van der Waals surface area contributed by atoms with E-state index in [1.54, 1.807) is 0 Å². The molecule has 1 fully saturated rings. The molecular formula is C15H20N2S. The molecule has 0 aromatic heterocycles. The zero-order chi connectivity index (χ0) is 13.0. The molecule has 1 aliphatic carbocycles. The number of hydrogen-bond acceptors (Lipinski definition) is 3. The first-order valence-corrected chi connectivity index (χ1v) is 7.82. The van der Waals surface area contributed by atoms with Gasteiger partial charge < -0.3 is 5.32 Å². The van der Waals surface area contributed by atoms with Crippen LogP contribution in [-0.4, -0.2) is 17.5 Å². The third-order valence-corrected chi connectivity index (χ3v) is 4.89. The third-order valence-electron chi connectivity index (χ3n) is 3.75. The summed E-state index contributed by atoms with van der Waals surface area (Å²) in [6.07, 6.45) is 7.20. The van der Waals surface area contributed by atoms with Crippen LogP contribution in [0, 0.1) is 18.3 Å². The summed E-state index contributed by atoms with van der Waals surface area (Å²) in [5.41, 5.74) is 2.97.